The molecule has 2 N–H and O–H groups in total. The maximum absolute atomic E-state index is 13.0. The Bertz CT molecular complexity index is 872. The van der Waals surface area contributed by atoms with Crippen LogP contribution >= 0.6 is 0 Å². The molecule has 0 aromatic heterocycles. The van der Waals surface area contributed by atoms with E-state index in [2.05, 4.69) is 10.6 Å². The number of nitrogens with zero attached hydrogens (tertiary/aromatic N) is 1. The van der Waals surface area contributed by atoms with Gasteiger partial charge in [-0.25, -0.2) is 9.18 Å². The van der Waals surface area contributed by atoms with E-state index >= 15 is 0 Å². The maximum Gasteiger partial charge on any atom is 0.322 e. The quantitative estimate of drug-likeness (QED) is 0.868. The summed E-state index contributed by atoms with van der Waals surface area (Å²) >= 11 is 0. The number of rotatable bonds is 3. The van der Waals surface area contributed by atoms with E-state index in [4.69, 9.17) is 9.47 Å². The lowest BCUT2D eigenvalue weighted by molar-refractivity contribution is -0.119. The number of halogens is 1. The average molecular weight is 371 g/mol. The van der Waals surface area contributed by atoms with Crippen molar-refractivity contribution in [3.8, 4) is 11.5 Å². The molecule has 0 spiro atoms. The normalized spacial score (nSPS) is 17.7. The number of likely N-dealkylation sites (tertiary alicyclic amines) is 1. The summed E-state index contributed by atoms with van der Waals surface area (Å²) in [6.45, 7) is 0.638. The van der Waals surface area contributed by atoms with Crippen LogP contribution in [0.4, 0.5) is 20.6 Å². The molecule has 2 aliphatic rings. The van der Waals surface area contributed by atoms with Gasteiger partial charge in [0.1, 0.15) is 11.9 Å². The lowest BCUT2D eigenvalue weighted by Crippen LogP contribution is -2.45. The van der Waals surface area contributed by atoms with Crippen LogP contribution in [0.25, 0.3) is 0 Å². The molecule has 8 heteroatoms. The van der Waals surface area contributed by atoms with E-state index in [9.17, 15) is 14.0 Å². The van der Waals surface area contributed by atoms with Crippen LogP contribution in [0.1, 0.15) is 12.8 Å². The molecule has 1 saturated heterocycles. The molecule has 1 fully saturated rings. The minimum absolute atomic E-state index is 0.159. The second-order valence-electron chi connectivity index (χ2n) is 6.35. The Labute approximate surface area is 155 Å². The lowest BCUT2D eigenvalue weighted by atomic mass is 10.2. The summed E-state index contributed by atoms with van der Waals surface area (Å²) in [6.07, 6.45) is 1.31. The molecule has 0 aliphatic carbocycles. The van der Waals surface area contributed by atoms with Gasteiger partial charge in [0, 0.05) is 24.0 Å². The first-order chi connectivity index (χ1) is 13.1. The lowest BCUT2D eigenvalue weighted by Gasteiger charge is -2.24. The van der Waals surface area contributed by atoms with Crippen molar-refractivity contribution in [1.82, 2.24) is 4.90 Å². The largest absolute Gasteiger partial charge is 0.454 e. The van der Waals surface area contributed by atoms with Gasteiger partial charge in [0.25, 0.3) is 0 Å². The van der Waals surface area contributed by atoms with E-state index in [0.29, 0.717) is 35.8 Å². The summed E-state index contributed by atoms with van der Waals surface area (Å²) in [7, 11) is 0. The summed E-state index contributed by atoms with van der Waals surface area (Å²) in [5, 5.41) is 5.52. The molecule has 0 saturated carbocycles. The third-order valence-electron chi connectivity index (χ3n) is 4.55. The second-order valence-corrected chi connectivity index (χ2v) is 6.35. The number of amides is 3. The van der Waals surface area contributed by atoms with Crippen LogP contribution in [0, 0.1) is 5.82 Å². The van der Waals surface area contributed by atoms with Gasteiger partial charge in [-0.2, -0.15) is 0 Å². The highest BCUT2D eigenvalue weighted by atomic mass is 19.1. The molecule has 0 unspecified atom stereocenters. The van der Waals surface area contributed by atoms with Gasteiger partial charge in [0.15, 0.2) is 11.5 Å². The van der Waals surface area contributed by atoms with Gasteiger partial charge in [-0.05, 0) is 49.2 Å². The van der Waals surface area contributed by atoms with Crippen LogP contribution in [0.15, 0.2) is 42.5 Å². The molecule has 3 amide bonds. The van der Waals surface area contributed by atoms with E-state index in [1.54, 1.807) is 18.2 Å². The fraction of sp³-hybridized carbons (Fsp3) is 0.263. The summed E-state index contributed by atoms with van der Waals surface area (Å²) in [6, 6.07) is 9.68. The molecule has 0 bridgehead atoms. The summed E-state index contributed by atoms with van der Waals surface area (Å²) < 4.78 is 23.5. The number of urea groups is 1. The highest BCUT2D eigenvalue weighted by molar-refractivity contribution is 5.99. The molecule has 2 heterocycles. The summed E-state index contributed by atoms with van der Waals surface area (Å²) in [4.78, 5) is 26.7. The van der Waals surface area contributed by atoms with Crippen LogP contribution in [0.2, 0.25) is 0 Å². The standard InChI is InChI=1S/C19H18FN3O4/c20-12-3-5-13(6-4-12)22-19(25)23-9-1-2-15(23)18(24)21-14-7-8-16-17(10-14)27-11-26-16/h3-8,10,15H,1-2,9,11H2,(H,21,24)(H,22,25)/t15-/m0/s1. The average Bonchev–Trinajstić information content (AvgIpc) is 3.32. The van der Waals surface area contributed by atoms with Crippen molar-refractivity contribution in [3.63, 3.8) is 0 Å². The second kappa shape index (κ2) is 7.14. The first-order valence-corrected chi connectivity index (χ1v) is 8.64. The highest BCUT2D eigenvalue weighted by Gasteiger charge is 2.34. The molecule has 2 aromatic rings. The van der Waals surface area contributed by atoms with Crippen LogP contribution in [0.3, 0.4) is 0 Å². The van der Waals surface area contributed by atoms with Crippen molar-refractivity contribution in [2.75, 3.05) is 24.0 Å². The summed E-state index contributed by atoms with van der Waals surface area (Å²) in [5.41, 5.74) is 1.05. The number of ether oxygens (including phenoxy) is 2. The van der Waals surface area contributed by atoms with Gasteiger partial charge < -0.3 is 25.0 Å². The van der Waals surface area contributed by atoms with Crippen molar-refractivity contribution in [1.29, 1.82) is 0 Å². The molecule has 27 heavy (non-hydrogen) atoms. The molecule has 7 nitrogen and oxygen atoms in total. The highest BCUT2D eigenvalue weighted by Crippen LogP contribution is 2.34. The number of carbonyl (C=O) groups excluding carboxylic acids is 2. The molecule has 2 aromatic carbocycles. The predicted molar refractivity (Wildman–Crippen MR) is 96.3 cm³/mol. The molecular formula is C19H18FN3O4. The van der Waals surface area contributed by atoms with Crippen molar-refractivity contribution >= 4 is 23.3 Å². The third-order valence-corrected chi connectivity index (χ3v) is 4.55. The van der Waals surface area contributed by atoms with Crippen molar-refractivity contribution < 1.29 is 23.5 Å². The van der Waals surface area contributed by atoms with Crippen molar-refractivity contribution in [2.24, 2.45) is 0 Å². The van der Waals surface area contributed by atoms with Crippen LogP contribution < -0.4 is 20.1 Å². The summed E-state index contributed by atoms with van der Waals surface area (Å²) in [5.74, 6) is 0.565. The number of hydrogen-bond donors (Lipinski definition) is 2. The SMILES string of the molecule is O=C(Nc1ccc2c(c1)OCO2)[C@@H]1CCCN1C(=O)Nc1ccc(F)cc1. The Morgan fingerprint density at radius 1 is 1.00 bits per heavy atom. The Morgan fingerprint density at radius 3 is 2.56 bits per heavy atom. The topological polar surface area (TPSA) is 79.9 Å². The van der Waals surface area contributed by atoms with Crippen LogP contribution in [-0.2, 0) is 4.79 Å². The first kappa shape index (κ1) is 17.1. The number of nitrogens with one attached hydrogen (secondary N) is 2. The first-order valence-electron chi connectivity index (χ1n) is 8.64. The Balaban J connectivity index is 1.41. The van der Waals surface area contributed by atoms with Crippen molar-refractivity contribution in [3.05, 3.63) is 48.3 Å². The maximum atomic E-state index is 13.0. The third kappa shape index (κ3) is 3.64. The van der Waals surface area contributed by atoms with E-state index in [-0.39, 0.29) is 24.5 Å². The van der Waals surface area contributed by atoms with E-state index in [1.807, 2.05) is 0 Å². The molecule has 1 atom stereocenters. The number of carbonyl (C=O) groups is 2. The molecule has 0 radical (unpaired) electrons. The van der Waals surface area contributed by atoms with Gasteiger partial charge in [0.2, 0.25) is 12.7 Å². The Morgan fingerprint density at radius 2 is 1.74 bits per heavy atom. The predicted octanol–water partition coefficient (Wildman–Crippen LogP) is 3.19. The number of fused-ring (bicyclic) bond motifs is 1. The Kier molecular flexibility index (Phi) is 4.53. The fourth-order valence-electron chi connectivity index (χ4n) is 3.21. The van der Waals surface area contributed by atoms with Crippen molar-refractivity contribution in [2.45, 2.75) is 18.9 Å². The van der Waals surface area contributed by atoms with Crippen LogP contribution in [-0.4, -0.2) is 36.2 Å². The van der Waals surface area contributed by atoms with Gasteiger partial charge in [-0.3, -0.25) is 4.79 Å². The van der Waals surface area contributed by atoms with Crippen LogP contribution in [0.5, 0.6) is 11.5 Å². The minimum Gasteiger partial charge on any atom is -0.454 e. The Hall–Kier alpha value is -3.29. The zero-order chi connectivity index (χ0) is 18.8. The number of benzene rings is 2. The monoisotopic (exact) mass is 371 g/mol. The van der Waals surface area contributed by atoms with E-state index in [1.165, 1.54) is 29.2 Å². The smallest absolute Gasteiger partial charge is 0.322 e. The molecule has 4 rings (SSSR count). The molecule has 2 aliphatic heterocycles. The van der Waals surface area contributed by atoms with Gasteiger partial charge in [0.05, 0.1) is 0 Å². The number of anilines is 2. The van der Waals surface area contributed by atoms with E-state index in [0.717, 1.165) is 6.42 Å². The number of hydrogen-bond acceptors (Lipinski definition) is 4. The molecule has 140 valence electrons. The van der Waals surface area contributed by atoms with Gasteiger partial charge >= 0.3 is 6.03 Å². The van der Waals surface area contributed by atoms with Gasteiger partial charge in [-0.15, -0.1) is 0 Å². The minimum atomic E-state index is -0.573. The zero-order valence-electron chi connectivity index (χ0n) is 14.4. The van der Waals surface area contributed by atoms with Gasteiger partial charge in [-0.1, -0.05) is 0 Å². The van der Waals surface area contributed by atoms with E-state index < -0.39 is 6.04 Å². The fourth-order valence-corrected chi connectivity index (χ4v) is 3.21. The zero-order valence-corrected chi connectivity index (χ0v) is 14.4. The molecular weight excluding hydrogens is 353 g/mol.